The normalized spacial score (nSPS) is 10.8. The molecule has 0 aliphatic carbocycles. The van der Waals surface area contributed by atoms with Crippen LogP contribution in [0.4, 0.5) is 11.5 Å². The van der Waals surface area contributed by atoms with Gasteiger partial charge in [-0.3, -0.25) is 4.79 Å². The zero-order valence-corrected chi connectivity index (χ0v) is 16.6. The highest BCUT2D eigenvalue weighted by molar-refractivity contribution is 6.06. The van der Waals surface area contributed by atoms with Crippen molar-refractivity contribution in [3.63, 3.8) is 0 Å². The number of rotatable bonds is 6. The highest BCUT2D eigenvalue weighted by atomic mass is 16.3. The Hall–Kier alpha value is -4.33. The zero-order chi connectivity index (χ0) is 22.0. The number of phenolic OH excluding ortho intramolecular Hbond substituents is 1. The maximum absolute atomic E-state index is 12.9. The first kappa shape index (κ1) is 20.0. The molecule has 0 fully saturated rings. The van der Waals surface area contributed by atoms with Crippen LogP contribution in [0.15, 0.2) is 54.9 Å². The van der Waals surface area contributed by atoms with Crippen LogP contribution in [-0.4, -0.2) is 33.7 Å². The minimum Gasteiger partial charge on any atom is -0.508 e. The molecule has 0 atom stereocenters. The van der Waals surface area contributed by atoms with Gasteiger partial charge in [-0.05, 0) is 47.9 Å². The molecule has 4 rings (SSSR count). The van der Waals surface area contributed by atoms with Gasteiger partial charge in [-0.2, -0.15) is 0 Å². The Kier molecular flexibility index (Phi) is 5.28. The van der Waals surface area contributed by atoms with Crippen molar-refractivity contribution in [1.29, 1.82) is 5.41 Å². The smallest absolute Gasteiger partial charge is 0.253 e. The van der Waals surface area contributed by atoms with Crippen LogP contribution >= 0.6 is 0 Å². The minimum absolute atomic E-state index is 0.200. The summed E-state index contributed by atoms with van der Waals surface area (Å²) in [6, 6.07) is 12.1. The van der Waals surface area contributed by atoms with Crippen molar-refractivity contribution in [2.24, 2.45) is 0 Å². The number of benzene rings is 2. The number of hydrogen-bond acceptors (Lipinski definition) is 6. The Bertz CT molecular complexity index is 1280. The number of carbonyl (C=O) groups excluding carboxylic acids is 1. The monoisotopic (exact) mass is 414 g/mol. The number of phenols is 1. The standard InChI is InChI=1S/C23H22N6O2/c24-10-15-7-14(19-11-28-20-12-29-21(25)9-17(19)20)8-18(22(15)26)23(31)27-6-5-13-1-3-16(30)4-2-13/h1-4,7-12,24,28,30H,5-6,26H2,(H2,25,29)(H,27,31). The minimum atomic E-state index is -0.317. The van der Waals surface area contributed by atoms with E-state index in [1.807, 2.05) is 6.20 Å². The molecule has 0 spiro atoms. The van der Waals surface area contributed by atoms with Gasteiger partial charge in [0.15, 0.2) is 0 Å². The SMILES string of the molecule is N=Cc1cc(-c2c[nH]c3cnc(N)cc23)cc(C(=O)NCCc2ccc(O)cc2)c1N. The molecular weight excluding hydrogens is 392 g/mol. The van der Waals surface area contributed by atoms with Gasteiger partial charge in [-0.1, -0.05) is 12.1 Å². The molecule has 0 saturated heterocycles. The molecule has 0 aliphatic rings. The number of aromatic nitrogens is 2. The number of carbonyl (C=O) groups is 1. The molecule has 2 aromatic heterocycles. The first-order valence-electron chi connectivity index (χ1n) is 9.69. The van der Waals surface area contributed by atoms with E-state index in [4.69, 9.17) is 16.9 Å². The van der Waals surface area contributed by atoms with Gasteiger partial charge in [0.25, 0.3) is 5.91 Å². The molecule has 156 valence electrons. The van der Waals surface area contributed by atoms with Crippen molar-refractivity contribution >= 4 is 34.5 Å². The van der Waals surface area contributed by atoms with Crippen molar-refractivity contribution in [1.82, 2.24) is 15.3 Å². The lowest BCUT2D eigenvalue weighted by Gasteiger charge is -2.12. The molecule has 4 aromatic rings. The van der Waals surface area contributed by atoms with Crippen LogP contribution in [0.2, 0.25) is 0 Å². The Balaban J connectivity index is 1.62. The van der Waals surface area contributed by atoms with Crippen LogP contribution in [-0.2, 0) is 6.42 Å². The fraction of sp³-hybridized carbons (Fsp3) is 0.0870. The molecule has 0 radical (unpaired) electrons. The van der Waals surface area contributed by atoms with Crippen molar-refractivity contribution in [2.45, 2.75) is 6.42 Å². The van der Waals surface area contributed by atoms with Gasteiger partial charge in [-0.25, -0.2) is 4.98 Å². The summed E-state index contributed by atoms with van der Waals surface area (Å²) in [5.41, 5.74) is 16.4. The largest absolute Gasteiger partial charge is 0.508 e. The quantitative estimate of drug-likeness (QED) is 0.211. The van der Waals surface area contributed by atoms with Crippen molar-refractivity contribution in [3.8, 4) is 16.9 Å². The van der Waals surface area contributed by atoms with Crippen molar-refractivity contribution in [2.75, 3.05) is 18.0 Å². The number of hydrogen-bond donors (Lipinski definition) is 6. The average molecular weight is 414 g/mol. The van der Waals surface area contributed by atoms with E-state index in [-0.39, 0.29) is 17.3 Å². The second kappa shape index (κ2) is 8.19. The predicted octanol–water partition coefficient (Wildman–Crippen LogP) is 3.07. The third kappa shape index (κ3) is 4.04. The van der Waals surface area contributed by atoms with Crippen LogP contribution in [0.1, 0.15) is 21.5 Å². The Labute approximate surface area is 178 Å². The third-order valence-electron chi connectivity index (χ3n) is 5.15. The van der Waals surface area contributed by atoms with E-state index >= 15 is 0 Å². The molecule has 8 N–H and O–H groups in total. The van der Waals surface area contributed by atoms with E-state index in [0.717, 1.165) is 33.8 Å². The lowest BCUT2D eigenvalue weighted by atomic mass is 9.97. The van der Waals surface area contributed by atoms with Gasteiger partial charge in [0.1, 0.15) is 11.6 Å². The first-order chi connectivity index (χ1) is 15.0. The number of nitrogens with zero attached hydrogens (tertiary/aromatic N) is 1. The molecule has 1 amide bonds. The number of amides is 1. The summed E-state index contributed by atoms with van der Waals surface area (Å²) in [6.45, 7) is 0.405. The highest BCUT2D eigenvalue weighted by Gasteiger charge is 2.16. The maximum Gasteiger partial charge on any atom is 0.253 e. The molecule has 0 aliphatic heterocycles. The van der Waals surface area contributed by atoms with Crippen LogP contribution < -0.4 is 16.8 Å². The van der Waals surface area contributed by atoms with Gasteiger partial charge in [-0.15, -0.1) is 0 Å². The summed E-state index contributed by atoms with van der Waals surface area (Å²) in [7, 11) is 0. The number of H-pyrrole nitrogens is 1. The number of anilines is 2. The lowest BCUT2D eigenvalue weighted by Crippen LogP contribution is -2.27. The third-order valence-corrected chi connectivity index (χ3v) is 5.15. The number of nitrogen functional groups attached to an aromatic ring is 2. The van der Waals surface area contributed by atoms with Crippen LogP contribution in [0, 0.1) is 5.41 Å². The number of nitrogens with one attached hydrogen (secondary N) is 3. The number of fused-ring (bicyclic) bond motifs is 1. The summed E-state index contributed by atoms with van der Waals surface area (Å²) in [5, 5.41) is 20.8. The van der Waals surface area contributed by atoms with E-state index in [1.165, 1.54) is 0 Å². The van der Waals surface area contributed by atoms with E-state index in [2.05, 4.69) is 15.3 Å². The van der Waals surface area contributed by atoms with Crippen LogP contribution in [0.25, 0.3) is 22.0 Å². The number of aromatic amines is 1. The molecule has 8 nitrogen and oxygen atoms in total. The maximum atomic E-state index is 12.9. The summed E-state index contributed by atoms with van der Waals surface area (Å²) >= 11 is 0. The molecule has 2 heterocycles. The Morgan fingerprint density at radius 2 is 1.97 bits per heavy atom. The second-order valence-corrected chi connectivity index (χ2v) is 7.20. The molecule has 0 bridgehead atoms. The van der Waals surface area contributed by atoms with Gasteiger partial charge < -0.3 is 32.3 Å². The predicted molar refractivity (Wildman–Crippen MR) is 122 cm³/mol. The second-order valence-electron chi connectivity index (χ2n) is 7.20. The number of aromatic hydroxyl groups is 1. The van der Waals surface area contributed by atoms with E-state index in [0.29, 0.717) is 29.9 Å². The number of nitrogens with two attached hydrogens (primary N) is 2. The lowest BCUT2D eigenvalue weighted by molar-refractivity contribution is 0.0955. The fourth-order valence-corrected chi connectivity index (χ4v) is 3.49. The zero-order valence-electron chi connectivity index (χ0n) is 16.6. The van der Waals surface area contributed by atoms with E-state index in [1.54, 1.807) is 48.7 Å². The van der Waals surface area contributed by atoms with Crippen molar-refractivity contribution < 1.29 is 9.90 Å². The summed E-state index contributed by atoms with van der Waals surface area (Å²) in [5.74, 6) is 0.275. The molecule has 31 heavy (non-hydrogen) atoms. The fourth-order valence-electron chi connectivity index (χ4n) is 3.49. The Morgan fingerprint density at radius 3 is 2.71 bits per heavy atom. The van der Waals surface area contributed by atoms with Gasteiger partial charge in [0.2, 0.25) is 0 Å². The molecule has 2 aromatic carbocycles. The highest BCUT2D eigenvalue weighted by Crippen LogP contribution is 2.32. The molecular formula is C23H22N6O2. The van der Waals surface area contributed by atoms with Crippen LogP contribution in [0.3, 0.4) is 0 Å². The average Bonchev–Trinajstić information content (AvgIpc) is 3.18. The van der Waals surface area contributed by atoms with Crippen molar-refractivity contribution in [3.05, 3.63) is 71.5 Å². The number of pyridine rings is 1. The van der Waals surface area contributed by atoms with E-state index < -0.39 is 0 Å². The Morgan fingerprint density at radius 1 is 1.19 bits per heavy atom. The van der Waals surface area contributed by atoms with Gasteiger partial charge in [0, 0.05) is 35.5 Å². The molecule has 0 saturated carbocycles. The van der Waals surface area contributed by atoms with E-state index in [9.17, 15) is 9.90 Å². The van der Waals surface area contributed by atoms with Gasteiger partial charge >= 0.3 is 0 Å². The summed E-state index contributed by atoms with van der Waals surface area (Å²) in [6.07, 6.45) is 5.21. The van der Waals surface area contributed by atoms with Gasteiger partial charge in [0.05, 0.1) is 23.0 Å². The van der Waals surface area contributed by atoms with Crippen LogP contribution in [0.5, 0.6) is 5.75 Å². The summed E-state index contributed by atoms with van der Waals surface area (Å²) in [4.78, 5) is 20.1. The first-order valence-corrected chi connectivity index (χ1v) is 9.69. The topological polar surface area (TPSA) is 154 Å². The summed E-state index contributed by atoms with van der Waals surface area (Å²) < 4.78 is 0. The molecule has 8 heteroatoms. The molecule has 0 unspecified atom stereocenters.